The van der Waals surface area contributed by atoms with Gasteiger partial charge in [0.05, 0.1) is 0 Å². The summed E-state index contributed by atoms with van der Waals surface area (Å²) in [5, 5.41) is 0. The van der Waals surface area contributed by atoms with Crippen LogP contribution in [0.4, 0.5) is 0 Å². The average molecular weight is 184 g/mol. The maximum atomic E-state index is 11.0. The van der Waals surface area contributed by atoms with Crippen LogP contribution >= 0.6 is 0 Å². The van der Waals surface area contributed by atoms with Gasteiger partial charge in [0.2, 0.25) is 0 Å². The van der Waals surface area contributed by atoms with E-state index in [1.165, 1.54) is 0 Å². The summed E-state index contributed by atoms with van der Waals surface area (Å²) in [6.45, 7) is 4.60. The second-order valence-corrected chi connectivity index (χ2v) is 3.02. The topological polar surface area (TPSA) is 26.3 Å². The van der Waals surface area contributed by atoms with Crippen molar-refractivity contribution >= 4 is 5.97 Å². The van der Waals surface area contributed by atoms with Gasteiger partial charge < -0.3 is 4.74 Å². The van der Waals surface area contributed by atoms with Crippen LogP contribution in [-0.2, 0) is 9.53 Å². The number of hydrogen-bond donors (Lipinski definition) is 0. The highest BCUT2D eigenvalue weighted by Gasteiger charge is 1.99. The lowest BCUT2D eigenvalue weighted by Gasteiger charge is -2.00. The number of carbonyl (C=O) groups is 1. The maximum absolute atomic E-state index is 11.0. The Morgan fingerprint density at radius 1 is 1.23 bits per heavy atom. The Bertz CT molecular complexity index is 150. The van der Waals surface area contributed by atoms with Crippen molar-refractivity contribution in [3.63, 3.8) is 0 Å². The third-order valence-corrected chi connectivity index (χ3v) is 1.73. The van der Waals surface area contributed by atoms with E-state index < -0.39 is 0 Å². The Labute approximate surface area is 81.0 Å². The highest BCUT2D eigenvalue weighted by atomic mass is 16.5. The fourth-order valence-corrected chi connectivity index (χ4v) is 0.967. The molecule has 0 rings (SSSR count). The van der Waals surface area contributed by atoms with Gasteiger partial charge in [-0.05, 0) is 12.8 Å². The molecule has 0 aliphatic heterocycles. The Balaban J connectivity index is 3.25. The molecule has 0 atom stereocenters. The summed E-state index contributed by atoms with van der Waals surface area (Å²) < 4.78 is 4.96. The third kappa shape index (κ3) is 9.12. The zero-order chi connectivity index (χ0) is 9.94. The monoisotopic (exact) mass is 184 g/mol. The number of hydrogen-bond acceptors (Lipinski definition) is 2. The van der Waals surface area contributed by atoms with Gasteiger partial charge in [-0.1, -0.05) is 38.8 Å². The minimum atomic E-state index is -0.0748. The normalized spacial score (nSPS) is 10.6. The van der Waals surface area contributed by atoms with Crippen LogP contribution in [0.2, 0.25) is 0 Å². The summed E-state index contributed by atoms with van der Waals surface area (Å²) in [5.74, 6) is -0.0748. The average Bonchev–Trinajstić information content (AvgIpc) is 2.13. The Morgan fingerprint density at radius 2 is 2.00 bits per heavy atom. The molecule has 0 spiro atoms. The molecule has 0 fully saturated rings. The summed E-state index contributed by atoms with van der Waals surface area (Å²) in [5.41, 5.74) is 0. The fraction of sp³-hybridized carbons (Fsp3) is 0.727. The fourth-order valence-electron chi connectivity index (χ4n) is 0.967. The molecule has 0 aromatic heterocycles. The quantitative estimate of drug-likeness (QED) is 0.345. The molecule has 0 bridgehead atoms. The van der Waals surface area contributed by atoms with Crippen molar-refractivity contribution in [2.24, 2.45) is 0 Å². The first-order valence-corrected chi connectivity index (χ1v) is 5.11. The van der Waals surface area contributed by atoms with Crippen LogP contribution in [0.5, 0.6) is 0 Å². The van der Waals surface area contributed by atoms with E-state index in [-0.39, 0.29) is 5.97 Å². The molecular formula is C11H20O2. The molecule has 0 radical (unpaired) electrons. The molecule has 0 saturated carbocycles. The van der Waals surface area contributed by atoms with Crippen molar-refractivity contribution in [1.29, 1.82) is 0 Å². The van der Waals surface area contributed by atoms with E-state index in [2.05, 4.69) is 13.8 Å². The Morgan fingerprint density at radius 3 is 2.62 bits per heavy atom. The number of carbonyl (C=O) groups excluding carboxylic acids is 1. The first-order chi connectivity index (χ1) is 6.31. The van der Waals surface area contributed by atoms with Gasteiger partial charge in [0.1, 0.15) is 6.61 Å². The van der Waals surface area contributed by atoms with Gasteiger partial charge in [0, 0.05) is 6.42 Å². The lowest BCUT2D eigenvalue weighted by Crippen LogP contribution is -2.03. The van der Waals surface area contributed by atoms with Crippen LogP contribution in [0.25, 0.3) is 0 Å². The van der Waals surface area contributed by atoms with Crippen molar-refractivity contribution in [3.8, 4) is 0 Å². The number of ether oxygens (including phenoxy) is 1. The zero-order valence-electron chi connectivity index (χ0n) is 8.71. The Kier molecular flexibility index (Phi) is 8.73. The zero-order valence-corrected chi connectivity index (χ0v) is 8.71. The van der Waals surface area contributed by atoms with Crippen LogP contribution in [0, 0.1) is 0 Å². The van der Waals surface area contributed by atoms with E-state index in [0.717, 1.165) is 25.7 Å². The van der Waals surface area contributed by atoms with Crippen LogP contribution < -0.4 is 0 Å². The van der Waals surface area contributed by atoms with Crippen molar-refractivity contribution in [2.45, 2.75) is 46.0 Å². The minimum Gasteiger partial charge on any atom is -0.461 e. The van der Waals surface area contributed by atoms with Crippen molar-refractivity contribution in [1.82, 2.24) is 0 Å². The predicted molar refractivity (Wildman–Crippen MR) is 54.5 cm³/mol. The molecule has 76 valence electrons. The summed E-state index contributed by atoms with van der Waals surface area (Å²) in [4.78, 5) is 11.0. The van der Waals surface area contributed by atoms with E-state index in [9.17, 15) is 4.79 Å². The van der Waals surface area contributed by atoms with Gasteiger partial charge in [0.25, 0.3) is 0 Å². The van der Waals surface area contributed by atoms with E-state index in [1.807, 2.05) is 12.2 Å². The van der Waals surface area contributed by atoms with Gasteiger partial charge in [-0.2, -0.15) is 0 Å². The van der Waals surface area contributed by atoms with E-state index in [1.54, 1.807) is 0 Å². The van der Waals surface area contributed by atoms with Gasteiger partial charge in [-0.25, -0.2) is 0 Å². The molecule has 0 saturated heterocycles. The minimum absolute atomic E-state index is 0.0748. The maximum Gasteiger partial charge on any atom is 0.306 e. The van der Waals surface area contributed by atoms with Gasteiger partial charge in [-0.3, -0.25) is 4.79 Å². The summed E-state index contributed by atoms with van der Waals surface area (Å²) >= 11 is 0. The van der Waals surface area contributed by atoms with Gasteiger partial charge >= 0.3 is 5.97 Å². The standard InChI is InChI=1S/C11H20O2/c1-3-5-7-9-11(12)13-10-8-6-4-2/h6,8H,3-5,7,9-10H2,1-2H3. The third-order valence-electron chi connectivity index (χ3n) is 1.73. The predicted octanol–water partition coefficient (Wildman–Crippen LogP) is 3.08. The molecule has 0 aromatic rings. The second kappa shape index (κ2) is 9.30. The molecule has 0 amide bonds. The van der Waals surface area contributed by atoms with E-state index in [0.29, 0.717) is 13.0 Å². The van der Waals surface area contributed by atoms with E-state index >= 15 is 0 Å². The summed E-state index contributed by atoms with van der Waals surface area (Å²) in [6, 6.07) is 0. The molecular weight excluding hydrogens is 164 g/mol. The molecule has 2 nitrogen and oxygen atoms in total. The number of unbranched alkanes of at least 4 members (excludes halogenated alkanes) is 2. The molecule has 0 heterocycles. The van der Waals surface area contributed by atoms with Crippen molar-refractivity contribution < 1.29 is 9.53 Å². The molecule has 0 unspecified atom stereocenters. The number of rotatable bonds is 7. The molecule has 0 N–H and O–H groups in total. The van der Waals surface area contributed by atoms with Crippen LogP contribution in [0.1, 0.15) is 46.0 Å². The summed E-state index contributed by atoms with van der Waals surface area (Å²) in [7, 11) is 0. The lowest BCUT2D eigenvalue weighted by atomic mass is 10.2. The summed E-state index contributed by atoms with van der Waals surface area (Å²) in [6.07, 6.45) is 8.65. The molecule has 0 aliphatic rings. The molecule has 0 aromatic carbocycles. The number of allylic oxidation sites excluding steroid dienone is 1. The first-order valence-electron chi connectivity index (χ1n) is 5.11. The largest absolute Gasteiger partial charge is 0.461 e. The Hall–Kier alpha value is -0.790. The van der Waals surface area contributed by atoms with Crippen molar-refractivity contribution in [2.75, 3.05) is 6.61 Å². The van der Waals surface area contributed by atoms with Crippen molar-refractivity contribution in [3.05, 3.63) is 12.2 Å². The highest BCUT2D eigenvalue weighted by Crippen LogP contribution is 2.00. The molecule has 0 aliphatic carbocycles. The van der Waals surface area contributed by atoms with Crippen LogP contribution in [0.3, 0.4) is 0 Å². The smallest absolute Gasteiger partial charge is 0.306 e. The van der Waals surface area contributed by atoms with Gasteiger partial charge in [-0.15, -0.1) is 0 Å². The van der Waals surface area contributed by atoms with E-state index in [4.69, 9.17) is 4.74 Å². The molecule has 13 heavy (non-hydrogen) atoms. The molecule has 2 heteroatoms. The second-order valence-electron chi connectivity index (χ2n) is 3.02. The van der Waals surface area contributed by atoms with Gasteiger partial charge in [0.15, 0.2) is 0 Å². The number of esters is 1. The van der Waals surface area contributed by atoms with Crippen LogP contribution in [-0.4, -0.2) is 12.6 Å². The first kappa shape index (κ1) is 12.2. The van der Waals surface area contributed by atoms with Crippen LogP contribution in [0.15, 0.2) is 12.2 Å². The lowest BCUT2D eigenvalue weighted by molar-refractivity contribution is -0.142. The highest BCUT2D eigenvalue weighted by molar-refractivity contribution is 5.69. The SMILES string of the molecule is CCC=CCOC(=O)CCCCC.